The van der Waals surface area contributed by atoms with Crippen LogP contribution in [0.3, 0.4) is 0 Å². The van der Waals surface area contributed by atoms with E-state index >= 15 is 0 Å². The highest BCUT2D eigenvalue weighted by Crippen LogP contribution is 2.24. The van der Waals surface area contributed by atoms with Gasteiger partial charge in [0.05, 0.1) is 12.7 Å². The number of methoxy groups -OCH3 is 1. The van der Waals surface area contributed by atoms with Crippen LogP contribution in [-0.4, -0.2) is 49.2 Å². The van der Waals surface area contributed by atoms with Crippen LogP contribution in [0.2, 0.25) is 0 Å². The van der Waals surface area contributed by atoms with Crippen LogP contribution in [0.5, 0.6) is 5.75 Å². The summed E-state index contributed by atoms with van der Waals surface area (Å²) in [6, 6.07) is 7.80. The number of hydrogen-bond acceptors (Lipinski definition) is 6. The van der Waals surface area contributed by atoms with Gasteiger partial charge in [-0.2, -0.15) is 4.98 Å². The molecule has 0 spiro atoms. The molecule has 2 N–H and O–H groups in total. The summed E-state index contributed by atoms with van der Waals surface area (Å²) in [4.78, 5) is 23.6. The molecule has 1 heterocycles. The van der Waals surface area contributed by atoms with Crippen molar-refractivity contribution in [2.24, 2.45) is 0 Å². The van der Waals surface area contributed by atoms with Crippen LogP contribution in [0, 0.1) is 6.92 Å². The van der Waals surface area contributed by atoms with Gasteiger partial charge in [-0.1, -0.05) is 12.1 Å². The van der Waals surface area contributed by atoms with Crippen molar-refractivity contribution in [3.05, 3.63) is 41.6 Å². The molecule has 0 aliphatic heterocycles. The average Bonchev–Trinajstić information content (AvgIpc) is 2.70. The highest BCUT2D eigenvalue weighted by molar-refractivity contribution is 5.97. The maximum atomic E-state index is 12.6. The molecule has 0 unspecified atom stereocenters. The lowest BCUT2D eigenvalue weighted by atomic mass is 9.91. The molecule has 1 aromatic heterocycles. The van der Waals surface area contributed by atoms with Crippen molar-refractivity contribution in [2.45, 2.75) is 44.7 Å². The normalized spacial score (nSPS) is 19.0. The second-order valence-corrected chi connectivity index (χ2v) is 7.46. The van der Waals surface area contributed by atoms with E-state index in [0.29, 0.717) is 23.3 Å². The molecule has 7 heteroatoms. The van der Waals surface area contributed by atoms with Crippen molar-refractivity contribution in [2.75, 3.05) is 31.4 Å². The molecular weight excluding hydrogens is 354 g/mol. The lowest BCUT2D eigenvalue weighted by molar-refractivity contribution is 0.0923. The molecule has 1 amide bonds. The molecule has 3 rings (SSSR count). The number of nitrogens with one attached hydrogen (secondary N) is 2. The number of nitrogens with zero attached hydrogens (tertiary/aromatic N) is 3. The molecule has 150 valence electrons. The highest BCUT2D eigenvalue weighted by atomic mass is 16.5. The number of ether oxygens (including phenoxy) is 1. The van der Waals surface area contributed by atoms with Gasteiger partial charge in [0.25, 0.3) is 5.91 Å². The molecule has 7 nitrogen and oxygen atoms in total. The maximum Gasteiger partial charge on any atom is 0.255 e. The maximum absolute atomic E-state index is 12.6. The molecule has 0 saturated heterocycles. The van der Waals surface area contributed by atoms with Gasteiger partial charge in [-0.05, 0) is 44.7 Å². The van der Waals surface area contributed by atoms with Crippen molar-refractivity contribution in [1.82, 2.24) is 15.3 Å². The number of para-hydroxylation sites is 1. The Morgan fingerprint density at radius 3 is 2.50 bits per heavy atom. The number of benzene rings is 1. The zero-order chi connectivity index (χ0) is 20.1. The molecule has 2 aromatic rings. The predicted octanol–water partition coefficient (Wildman–Crippen LogP) is 3.01. The van der Waals surface area contributed by atoms with Gasteiger partial charge < -0.3 is 20.3 Å². The van der Waals surface area contributed by atoms with E-state index in [-0.39, 0.29) is 11.9 Å². The molecule has 28 heavy (non-hydrogen) atoms. The first-order valence-corrected chi connectivity index (χ1v) is 9.69. The second kappa shape index (κ2) is 8.91. The average molecular weight is 383 g/mol. The molecule has 1 aliphatic carbocycles. The zero-order valence-corrected chi connectivity index (χ0v) is 17.0. The van der Waals surface area contributed by atoms with E-state index in [9.17, 15) is 4.79 Å². The first-order valence-electron chi connectivity index (χ1n) is 9.69. The number of hydrogen-bond donors (Lipinski definition) is 2. The van der Waals surface area contributed by atoms with Crippen LogP contribution in [0.15, 0.2) is 30.5 Å². The summed E-state index contributed by atoms with van der Waals surface area (Å²) in [5.41, 5.74) is 1.63. The number of aromatic nitrogens is 2. The summed E-state index contributed by atoms with van der Waals surface area (Å²) in [5, 5.41) is 6.59. The SMILES string of the molecule is COc1ccccc1C(=O)N[C@H]1CC[C@@H](Nc2ncc(C)c(N(C)C)n2)CC1. The van der Waals surface area contributed by atoms with Crippen molar-refractivity contribution in [1.29, 1.82) is 0 Å². The van der Waals surface area contributed by atoms with Crippen LogP contribution >= 0.6 is 0 Å². The Morgan fingerprint density at radius 1 is 1.14 bits per heavy atom. The minimum absolute atomic E-state index is 0.0775. The Labute approximate surface area is 166 Å². The van der Waals surface area contributed by atoms with E-state index < -0.39 is 0 Å². The Kier molecular flexibility index (Phi) is 6.34. The van der Waals surface area contributed by atoms with Gasteiger partial charge in [-0.25, -0.2) is 4.98 Å². The van der Waals surface area contributed by atoms with Crippen LogP contribution in [-0.2, 0) is 0 Å². The summed E-state index contributed by atoms with van der Waals surface area (Å²) in [6.07, 6.45) is 5.62. The monoisotopic (exact) mass is 383 g/mol. The van der Waals surface area contributed by atoms with Gasteiger partial charge in [0.15, 0.2) is 0 Å². The van der Waals surface area contributed by atoms with E-state index in [4.69, 9.17) is 4.74 Å². The fourth-order valence-electron chi connectivity index (χ4n) is 3.62. The van der Waals surface area contributed by atoms with Crippen LogP contribution in [0.1, 0.15) is 41.6 Å². The minimum Gasteiger partial charge on any atom is -0.496 e. The molecule has 0 bridgehead atoms. The molecule has 1 aliphatic rings. The second-order valence-electron chi connectivity index (χ2n) is 7.46. The summed E-state index contributed by atoms with van der Waals surface area (Å²) in [5.74, 6) is 2.11. The van der Waals surface area contributed by atoms with E-state index in [1.807, 2.05) is 44.2 Å². The highest BCUT2D eigenvalue weighted by Gasteiger charge is 2.24. The molecular formula is C21H29N5O2. The fraction of sp³-hybridized carbons (Fsp3) is 0.476. The number of carbonyl (C=O) groups excluding carboxylic acids is 1. The zero-order valence-electron chi connectivity index (χ0n) is 17.0. The Morgan fingerprint density at radius 2 is 1.82 bits per heavy atom. The van der Waals surface area contributed by atoms with Gasteiger partial charge in [-0.3, -0.25) is 4.79 Å². The first kappa shape index (κ1) is 19.9. The Hall–Kier alpha value is -2.83. The van der Waals surface area contributed by atoms with Crippen molar-refractivity contribution < 1.29 is 9.53 Å². The molecule has 0 radical (unpaired) electrons. The quantitative estimate of drug-likeness (QED) is 0.798. The van der Waals surface area contributed by atoms with Crippen molar-refractivity contribution in [3.63, 3.8) is 0 Å². The van der Waals surface area contributed by atoms with Gasteiger partial charge in [0.1, 0.15) is 11.6 Å². The molecule has 0 atom stereocenters. The fourth-order valence-corrected chi connectivity index (χ4v) is 3.62. The van der Waals surface area contributed by atoms with E-state index in [1.54, 1.807) is 19.2 Å². The van der Waals surface area contributed by atoms with E-state index in [2.05, 4.69) is 20.6 Å². The molecule has 1 aromatic carbocycles. The first-order chi connectivity index (χ1) is 13.5. The van der Waals surface area contributed by atoms with Gasteiger partial charge in [0.2, 0.25) is 5.95 Å². The van der Waals surface area contributed by atoms with Crippen LogP contribution in [0.4, 0.5) is 11.8 Å². The Bertz CT molecular complexity index is 816. The van der Waals surface area contributed by atoms with Gasteiger partial charge in [0, 0.05) is 37.9 Å². The van der Waals surface area contributed by atoms with E-state index in [1.165, 1.54) is 0 Å². The minimum atomic E-state index is -0.0775. The van der Waals surface area contributed by atoms with Crippen molar-refractivity contribution in [3.8, 4) is 5.75 Å². The number of carbonyl (C=O) groups is 1. The smallest absolute Gasteiger partial charge is 0.255 e. The van der Waals surface area contributed by atoms with Gasteiger partial charge in [-0.15, -0.1) is 0 Å². The third-order valence-corrected chi connectivity index (χ3v) is 5.12. The predicted molar refractivity (Wildman–Crippen MR) is 111 cm³/mol. The molecule has 1 fully saturated rings. The van der Waals surface area contributed by atoms with Crippen LogP contribution < -0.4 is 20.3 Å². The number of rotatable bonds is 6. The largest absolute Gasteiger partial charge is 0.496 e. The summed E-state index contributed by atoms with van der Waals surface area (Å²) in [6.45, 7) is 2.01. The number of aryl methyl sites for hydroxylation is 1. The van der Waals surface area contributed by atoms with Crippen molar-refractivity contribution >= 4 is 17.7 Å². The number of anilines is 2. The van der Waals surface area contributed by atoms with Gasteiger partial charge >= 0.3 is 0 Å². The number of amides is 1. The summed E-state index contributed by atoms with van der Waals surface area (Å²) in [7, 11) is 5.54. The Balaban J connectivity index is 1.53. The third-order valence-electron chi connectivity index (χ3n) is 5.12. The lowest BCUT2D eigenvalue weighted by Gasteiger charge is -2.30. The topological polar surface area (TPSA) is 79.4 Å². The standard InChI is InChI=1S/C21H29N5O2/c1-14-13-22-21(25-19(14)26(2)3)24-16-11-9-15(10-12-16)23-20(27)17-7-5-6-8-18(17)28-4/h5-8,13,15-16H,9-12H2,1-4H3,(H,23,27)(H,22,24,25)/t15-,16+. The van der Waals surface area contributed by atoms with E-state index in [0.717, 1.165) is 37.1 Å². The third kappa shape index (κ3) is 4.71. The molecule has 1 saturated carbocycles. The summed E-state index contributed by atoms with van der Waals surface area (Å²) >= 11 is 0. The summed E-state index contributed by atoms with van der Waals surface area (Å²) < 4.78 is 5.29. The lowest BCUT2D eigenvalue weighted by Crippen LogP contribution is -2.40. The van der Waals surface area contributed by atoms with Crippen LogP contribution in [0.25, 0.3) is 0 Å².